The van der Waals surface area contributed by atoms with Gasteiger partial charge in [-0.25, -0.2) is 0 Å². The molecule has 1 saturated carbocycles. The zero-order chi connectivity index (χ0) is 20.0. The van der Waals surface area contributed by atoms with Gasteiger partial charge in [0.05, 0.1) is 25.0 Å². The maximum Gasteiger partial charge on any atom is 0.313 e. The van der Waals surface area contributed by atoms with Crippen LogP contribution in [0, 0.1) is 23.7 Å². The summed E-state index contributed by atoms with van der Waals surface area (Å²) in [6, 6.07) is 9.66. The SMILES string of the molecule is C[C@H]1OC(=O)[C@@H]2C=C3CC4(CC[C@H]3[C@H](C(=O)OCc3ccccc3)[C@H]12)OCCO4. The number of carbonyl (C=O) groups excluding carboxylic acids is 2. The molecule has 4 aliphatic rings. The van der Waals surface area contributed by atoms with E-state index in [-0.39, 0.29) is 42.4 Å². The molecule has 0 amide bonds. The predicted octanol–water partition coefficient (Wildman–Crippen LogP) is 3.01. The lowest BCUT2D eigenvalue weighted by Gasteiger charge is -2.44. The summed E-state index contributed by atoms with van der Waals surface area (Å²) in [5.74, 6) is -2.02. The van der Waals surface area contributed by atoms with E-state index in [0.717, 1.165) is 24.0 Å². The highest BCUT2D eigenvalue weighted by molar-refractivity contribution is 5.82. The Hall–Kier alpha value is -2.18. The second-order valence-electron chi connectivity index (χ2n) is 8.54. The van der Waals surface area contributed by atoms with E-state index in [1.165, 1.54) is 0 Å². The molecule has 0 radical (unpaired) electrons. The molecule has 0 bridgehead atoms. The summed E-state index contributed by atoms with van der Waals surface area (Å²) in [5, 5.41) is 0. The molecule has 1 aromatic rings. The van der Waals surface area contributed by atoms with Gasteiger partial charge in [0.25, 0.3) is 0 Å². The van der Waals surface area contributed by atoms with Crippen LogP contribution < -0.4 is 0 Å². The standard InChI is InChI=1S/C23H26O6/c1-14-19-18(21(24)29-14)11-16-12-23(27-9-10-28-23)8-7-17(16)20(19)22(25)26-13-15-5-3-2-4-6-15/h2-6,11,14,17-20H,7-10,12-13H2,1H3/t14-,17-,18-,19-,20+/m1/s1. The molecule has 2 heterocycles. The van der Waals surface area contributed by atoms with Crippen LogP contribution >= 0.6 is 0 Å². The minimum Gasteiger partial charge on any atom is -0.462 e. The van der Waals surface area contributed by atoms with Crippen molar-refractivity contribution in [3.63, 3.8) is 0 Å². The topological polar surface area (TPSA) is 71.1 Å². The Bertz CT molecular complexity index is 825. The molecule has 5 atom stereocenters. The first-order valence-electron chi connectivity index (χ1n) is 10.5. The molecule has 0 aromatic heterocycles. The Morgan fingerprint density at radius 1 is 1.21 bits per heavy atom. The molecule has 6 heteroatoms. The number of benzene rings is 1. The largest absolute Gasteiger partial charge is 0.462 e. The van der Waals surface area contributed by atoms with E-state index >= 15 is 0 Å². The van der Waals surface area contributed by atoms with Gasteiger partial charge in [0.2, 0.25) is 0 Å². The van der Waals surface area contributed by atoms with Crippen LogP contribution in [0.1, 0.15) is 31.7 Å². The number of hydrogen-bond acceptors (Lipinski definition) is 6. The van der Waals surface area contributed by atoms with Gasteiger partial charge in [0.15, 0.2) is 5.79 Å². The Labute approximate surface area is 170 Å². The average Bonchev–Trinajstić information content (AvgIpc) is 3.29. The highest BCUT2D eigenvalue weighted by Gasteiger charge is 2.57. The minimum atomic E-state index is -0.595. The maximum atomic E-state index is 13.3. The summed E-state index contributed by atoms with van der Waals surface area (Å²) < 4.78 is 23.0. The first-order chi connectivity index (χ1) is 14.1. The van der Waals surface area contributed by atoms with Gasteiger partial charge in [-0.3, -0.25) is 9.59 Å². The summed E-state index contributed by atoms with van der Waals surface area (Å²) >= 11 is 0. The molecule has 6 nitrogen and oxygen atoms in total. The average molecular weight is 398 g/mol. The zero-order valence-electron chi connectivity index (χ0n) is 16.5. The Balaban J connectivity index is 1.41. The molecular weight excluding hydrogens is 372 g/mol. The van der Waals surface area contributed by atoms with Gasteiger partial charge < -0.3 is 18.9 Å². The van der Waals surface area contributed by atoms with E-state index < -0.39 is 11.7 Å². The number of hydrogen-bond donors (Lipinski definition) is 0. The summed E-state index contributed by atoms with van der Waals surface area (Å²) in [4.78, 5) is 25.7. The van der Waals surface area contributed by atoms with Gasteiger partial charge in [0, 0.05) is 18.8 Å². The zero-order valence-corrected chi connectivity index (χ0v) is 16.5. The van der Waals surface area contributed by atoms with E-state index in [1.54, 1.807) is 0 Å². The smallest absolute Gasteiger partial charge is 0.313 e. The van der Waals surface area contributed by atoms with Crippen molar-refractivity contribution in [2.75, 3.05) is 13.2 Å². The quantitative estimate of drug-likeness (QED) is 0.576. The van der Waals surface area contributed by atoms with Gasteiger partial charge in [-0.1, -0.05) is 42.0 Å². The van der Waals surface area contributed by atoms with Crippen molar-refractivity contribution >= 4 is 11.9 Å². The fourth-order valence-corrected chi connectivity index (χ4v) is 5.56. The number of carbonyl (C=O) groups is 2. The van der Waals surface area contributed by atoms with Crippen LogP contribution in [0.5, 0.6) is 0 Å². The van der Waals surface area contributed by atoms with Gasteiger partial charge in [-0.2, -0.15) is 0 Å². The molecule has 1 aromatic carbocycles. The van der Waals surface area contributed by atoms with Crippen molar-refractivity contribution in [3.8, 4) is 0 Å². The first kappa shape index (κ1) is 18.8. The van der Waals surface area contributed by atoms with Crippen molar-refractivity contribution < 1.29 is 28.5 Å². The lowest BCUT2D eigenvalue weighted by atomic mass is 9.61. The second-order valence-corrected chi connectivity index (χ2v) is 8.54. The Morgan fingerprint density at radius 2 is 1.97 bits per heavy atom. The molecule has 3 fully saturated rings. The van der Waals surface area contributed by atoms with Crippen molar-refractivity contribution in [1.29, 1.82) is 0 Å². The van der Waals surface area contributed by atoms with Crippen molar-refractivity contribution in [2.45, 2.75) is 44.7 Å². The minimum absolute atomic E-state index is 0.0369. The molecule has 0 unspecified atom stereocenters. The molecule has 29 heavy (non-hydrogen) atoms. The van der Waals surface area contributed by atoms with E-state index in [4.69, 9.17) is 18.9 Å². The summed E-state index contributed by atoms with van der Waals surface area (Å²) in [5.41, 5.74) is 2.03. The summed E-state index contributed by atoms with van der Waals surface area (Å²) in [6.07, 6.45) is 3.85. The first-order valence-corrected chi connectivity index (χ1v) is 10.5. The van der Waals surface area contributed by atoms with Gasteiger partial charge >= 0.3 is 11.9 Å². The fourth-order valence-electron chi connectivity index (χ4n) is 5.56. The van der Waals surface area contributed by atoms with E-state index in [0.29, 0.717) is 19.6 Å². The third-order valence-electron chi connectivity index (χ3n) is 6.87. The summed E-state index contributed by atoms with van der Waals surface area (Å²) in [6.45, 7) is 3.29. The number of esters is 2. The lowest BCUT2D eigenvalue weighted by molar-refractivity contribution is -0.179. The van der Waals surface area contributed by atoms with Gasteiger partial charge in [-0.05, 0) is 24.8 Å². The lowest BCUT2D eigenvalue weighted by Crippen LogP contribution is -2.47. The Morgan fingerprint density at radius 3 is 2.72 bits per heavy atom. The molecule has 1 spiro atoms. The highest BCUT2D eigenvalue weighted by Crippen LogP contribution is 2.53. The van der Waals surface area contributed by atoms with Crippen molar-refractivity contribution in [3.05, 3.63) is 47.5 Å². The molecule has 0 N–H and O–H groups in total. The second kappa shape index (κ2) is 7.26. The number of cyclic esters (lactones) is 1. The summed E-state index contributed by atoms with van der Waals surface area (Å²) in [7, 11) is 0. The third kappa shape index (κ3) is 3.28. The van der Waals surface area contributed by atoms with Crippen LogP contribution in [0.4, 0.5) is 0 Å². The van der Waals surface area contributed by atoms with Crippen LogP contribution in [-0.2, 0) is 35.1 Å². The van der Waals surface area contributed by atoms with Crippen molar-refractivity contribution in [1.82, 2.24) is 0 Å². The molecule has 2 aliphatic carbocycles. The van der Waals surface area contributed by atoms with Crippen LogP contribution in [-0.4, -0.2) is 37.0 Å². The molecular formula is C23H26O6. The number of rotatable bonds is 3. The number of fused-ring (bicyclic) bond motifs is 2. The monoisotopic (exact) mass is 398 g/mol. The van der Waals surface area contributed by atoms with Gasteiger partial charge in [0.1, 0.15) is 12.7 Å². The number of ether oxygens (including phenoxy) is 4. The van der Waals surface area contributed by atoms with E-state index in [2.05, 4.69) is 0 Å². The maximum absolute atomic E-state index is 13.3. The van der Waals surface area contributed by atoms with Crippen LogP contribution in [0.3, 0.4) is 0 Å². The Kier molecular flexibility index (Phi) is 4.71. The molecule has 154 valence electrons. The molecule has 5 rings (SSSR count). The van der Waals surface area contributed by atoms with Crippen LogP contribution in [0.2, 0.25) is 0 Å². The van der Waals surface area contributed by atoms with E-state index in [9.17, 15) is 9.59 Å². The molecule has 2 saturated heterocycles. The van der Waals surface area contributed by atoms with E-state index in [1.807, 2.05) is 43.3 Å². The predicted molar refractivity (Wildman–Crippen MR) is 102 cm³/mol. The van der Waals surface area contributed by atoms with Crippen LogP contribution in [0.15, 0.2) is 42.0 Å². The fraction of sp³-hybridized carbons (Fsp3) is 0.565. The highest BCUT2D eigenvalue weighted by atomic mass is 16.7. The molecule has 2 aliphatic heterocycles. The normalized spacial score (nSPS) is 34.9. The van der Waals surface area contributed by atoms with Gasteiger partial charge in [-0.15, -0.1) is 0 Å². The third-order valence-corrected chi connectivity index (χ3v) is 6.87. The van der Waals surface area contributed by atoms with Crippen molar-refractivity contribution in [2.24, 2.45) is 23.7 Å². The van der Waals surface area contributed by atoms with Crippen LogP contribution in [0.25, 0.3) is 0 Å².